The van der Waals surface area contributed by atoms with Gasteiger partial charge >= 0.3 is 0 Å². The molecule has 0 radical (unpaired) electrons. The molecule has 56 heavy (non-hydrogen) atoms. The summed E-state index contributed by atoms with van der Waals surface area (Å²) >= 11 is 4.75. The number of carbonyl (C=O) groups excluding carboxylic acids is 3. The van der Waals surface area contributed by atoms with Crippen molar-refractivity contribution in [2.24, 2.45) is 0 Å². The van der Waals surface area contributed by atoms with Crippen LogP contribution in [0.25, 0.3) is 0 Å². The molecule has 0 bridgehead atoms. The number of ether oxygens (including phenoxy) is 3. The van der Waals surface area contributed by atoms with Gasteiger partial charge in [-0.25, -0.2) is 4.31 Å². The minimum absolute atomic E-state index is 0.0404. The summed E-state index contributed by atoms with van der Waals surface area (Å²) in [6.07, 6.45) is 12.5. The molecule has 2 aromatic rings. The van der Waals surface area contributed by atoms with E-state index in [2.05, 4.69) is 6.92 Å². The van der Waals surface area contributed by atoms with Gasteiger partial charge in [0.05, 0.1) is 48.2 Å². The standard InChI is InChI=1S/C43H61NO11S/c1-4-5-6-7-8-9-10-11-12-13-14-15-16-17-21-44(56)29-22-33(54-26(2)38(29)47)55-31-24-43(52,32(46)25-45)23-28-35(31)42(51)37-36(40(28)49)39(48)27-19-18-20-30(53-3)34(27)41(37)50/h18-20,26,29,31,33,38,45,47,49,51-52,56H,4-17,21-25H2,1-3H3/t26?,29?,31-,33?,38?,43-/m0/s1. The second-order valence-corrected chi connectivity index (χ2v) is 16.3. The van der Waals surface area contributed by atoms with Crippen LogP contribution in [0.15, 0.2) is 18.2 Å². The van der Waals surface area contributed by atoms with Gasteiger partial charge in [0.1, 0.15) is 29.5 Å². The summed E-state index contributed by atoms with van der Waals surface area (Å²) in [7, 11) is 1.34. The van der Waals surface area contributed by atoms with Gasteiger partial charge in [0.2, 0.25) is 5.78 Å². The average molecular weight is 800 g/mol. The van der Waals surface area contributed by atoms with Gasteiger partial charge in [0.15, 0.2) is 17.9 Å². The highest BCUT2D eigenvalue weighted by Crippen LogP contribution is 2.52. The number of nitrogens with zero attached hydrogens (tertiary/aromatic N) is 1. The number of ketones is 3. The van der Waals surface area contributed by atoms with Crippen LogP contribution in [0, 0.1) is 0 Å². The maximum absolute atomic E-state index is 14.0. The van der Waals surface area contributed by atoms with E-state index in [1.807, 2.05) is 0 Å². The van der Waals surface area contributed by atoms with Crippen molar-refractivity contribution in [1.29, 1.82) is 0 Å². The third-order valence-electron chi connectivity index (χ3n) is 11.9. The maximum Gasteiger partial charge on any atom is 0.202 e. The molecule has 12 nitrogen and oxygen atoms in total. The number of unbranched alkanes of at least 4 members (excludes halogenated alkanes) is 13. The number of Topliss-reactive ketones (excluding diaryl/α,β-unsaturated/α-hetero) is 1. The Balaban J connectivity index is 1.26. The number of methoxy groups -OCH3 is 1. The number of fused-ring (bicyclic) bond motifs is 3. The van der Waals surface area contributed by atoms with E-state index < -0.39 is 95.7 Å². The second kappa shape index (κ2) is 20.1. The molecule has 310 valence electrons. The summed E-state index contributed by atoms with van der Waals surface area (Å²) in [6.45, 7) is 3.53. The highest BCUT2D eigenvalue weighted by molar-refractivity contribution is 7.77. The van der Waals surface area contributed by atoms with Gasteiger partial charge in [-0.2, -0.15) is 0 Å². The van der Waals surface area contributed by atoms with Crippen LogP contribution in [-0.4, -0.2) is 97.6 Å². The van der Waals surface area contributed by atoms with E-state index in [0.29, 0.717) is 6.54 Å². The number of hydrogen-bond acceptors (Lipinski definition) is 13. The Bertz CT molecular complexity index is 1700. The molecule has 1 heterocycles. The zero-order chi connectivity index (χ0) is 40.6. The smallest absolute Gasteiger partial charge is 0.202 e. The number of aliphatic hydroxyl groups is 3. The Kier molecular flexibility index (Phi) is 15.8. The molecule has 2 aliphatic carbocycles. The maximum atomic E-state index is 14.0. The number of aliphatic hydroxyl groups excluding tert-OH is 2. The minimum Gasteiger partial charge on any atom is -0.507 e. The van der Waals surface area contributed by atoms with E-state index in [9.17, 15) is 39.9 Å². The number of rotatable bonds is 21. The molecule has 0 amide bonds. The number of phenols is 2. The largest absolute Gasteiger partial charge is 0.507 e. The van der Waals surface area contributed by atoms with Crippen molar-refractivity contribution >= 4 is 30.2 Å². The van der Waals surface area contributed by atoms with Gasteiger partial charge in [-0.05, 0) is 19.4 Å². The van der Waals surface area contributed by atoms with Crippen LogP contribution in [0.4, 0.5) is 0 Å². The van der Waals surface area contributed by atoms with Crippen molar-refractivity contribution in [3.8, 4) is 17.2 Å². The van der Waals surface area contributed by atoms with E-state index in [1.165, 1.54) is 95.9 Å². The minimum atomic E-state index is -2.25. The van der Waals surface area contributed by atoms with E-state index in [-0.39, 0.29) is 34.4 Å². The molecule has 5 N–H and O–H groups in total. The molecule has 3 aliphatic rings. The molecule has 4 unspecified atom stereocenters. The first kappa shape index (κ1) is 44.1. The first-order valence-electron chi connectivity index (χ1n) is 20.6. The number of carbonyl (C=O) groups is 3. The molecule has 1 saturated heterocycles. The first-order chi connectivity index (χ1) is 26.9. The summed E-state index contributed by atoms with van der Waals surface area (Å²) in [5.74, 6) is -3.67. The summed E-state index contributed by atoms with van der Waals surface area (Å²) < 4.78 is 19.6. The SMILES string of the molecule is CCCCCCCCCCCCCCCCN(S)C1CC(O[C@H]2C[C@](O)(C(=O)CO)Cc3c(O)c4c(c(O)c32)C(=O)c2c(OC)cccc2C4=O)OC(C)C1O. The van der Waals surface area contributed by atoms with Crippen LogP contribution in [-0.2, 0) is 20.7 Å². The summed E-state index contributed by atoms with van der Waals surface area (Å²) in [6, 6.07) is 3.94. The zero-order valence-electron chi connectivity index (χ0n) is 33.1. The number of benzene rings is 2. The zero-order valence-corrected chi connectivity index (χ0v) is 34.0. The average Bonchev–Trinajstić information content (AvgIpc) is 3.18. The Morgan fingerprint density at radius 1 is 0.911 bits per heavy atom. The molecular formula is C43H61NO11S. The fourth-order valence-corrected chi connectivity index (χ4v) is 8.99. The lowest BCUT2D eigenvalue weighted by Crippen LogP contribution is -2.54. The summed E-state index contributed by atoms with van der Waals surface area (Å²) in [4.78, 5) is 40.7. The van der Waals surface area contributed by atoms with Crippen LogP contribution in [0.2, 0.25) is 0 Å². The fraction of sp³-hybridized carbons (Fsp3) is 0.651. The number of hydrogen-bond donors (Lipinski definition) is 6. The lowest BCUT2D eigenvalue weighted by Gasteiger charge is -2.44. The fourth-order valence-electron chi connectivity index (χ4n) is 8.62. The Morgan fingerprint density at radius 2 is 1.50 bits per heavy atom. The monoisotopic (exact) mass is 799 g/mol. The molecule has 0 saturated carbocycles. The Hall–Kier alpha value is -3.04. The Morgan fingerprint density at radius 3 is 2.09 bits per heavy atom. The summed E-state index contributed by atoms with van der Waals surface area (Å²) in [5, 5.41) is 56.0. The molecule has 1 fully saturated rings. The molecular weight excluding hydrogens is 739 g/mol. The molecule has 5 rings (SSSR count). The lowest BCUT2D eigenvalue weighted by atomic mass is 9.72. The van der Waals surface area contributed by atoms with Crippen LogP contribution in [0.3, 0.4) is 0 Å². The summed E-state index contributed by atoms with van der Waals surface area (Å²) in [5.41, 5.74) is -3.53. The number of aromatic hydroxyl groups is 2. The van der Waals surface area contributed by atoms with Gasteiger partial charge in [-0.15, -0.1) is 0 Å². The van der Waals surface area contributed by atoms with Crippen molar-refractivity contribution in [2.75, 3.05) is 20.3 Å². The third kappa shape index (κ3) is 9.62. The third-order valence-corrected chi connectivity index (χ3v) is 12.4. The van der Waals surface area contributed by atoms with E-state index in [4.69, 9.17) is 27.0 Å². The van der Waals surface area contributed by atoms with Gasteiger partial charge in [0, 0.05) is 42.5 Å². The molecule has 0 spiro atoms. The lowest BCUT2D eigenvalue weighted by molar-refractivity contribution is -0.254. The number of phenolic OH excluding ortho intramolecular Hbond substituents is 2. The normalized spacial score (nSPS) is 24.5. The Labute approximate surface area is 336 Å². The topological polar surface area (TPSA) is 183 Å². The van der Waals surface area contributed by atoms with Crippen molar-refractivity contribution in [3.63, 3.8) is 0 Å². The van der Waals surface area contributed by atoms with Crippen molar-refractivity contribution in [2.45, 2.75) is 159 Å². The molecule has 1 aliphatic heterocycles. The molecule has 0 aromatic heterocycles. The van der Waals surface area contributed by atoms with Crippen LogP contribution in [0.5, 0.6) is 17.2 Å². The van der Waals surface area contributed by atoms with Gasteiger partial charge in [-0.3, -0.25) is 14.4 Å². The predicted molar refractivity (Wildman–Crippen MR) is 214 cm³/mol. The highest BCUT2D eigenvalue weighted by atomic mass is 32.1. The van der Waals surface area contributed by atoms with Gasteiger partial charge in [0.25, 0.3) is 0 Å². The molecule has 2 aromatic carbocycles. The van der Waals surface area contributed by atoms with E-state index >= 15 is 0 Å². The number of thiol groups is 1. The van der Waals surface area contributed by atoms with Crippen molar-refractivity contribution < 1.29 is 54.1 Å². The molecule has 13 heteroatoms. The first-order valence-corrected chi connectivity index (χ1v) is 21.0. The molecule has 6 atom stereocenters. The second-order valence-electron chi connectivity index (χ2n) is 15.8. The van der Waals surface area contributed by atoms with Crippen LogP contribution < -0.4 is 4.74 Å². The van der Waals surface area contributed by atoms with E-state index in [1.54, 1.807) is 11.2 Å². The quantitative estimate of drug-likeness (QED) is 0.0383. The van der Waals surface area contributed by atoms with Crippen molar-refractivity contribution in [1.82, 2.24) is 4.31 Å². The van der Waals surface area contributed by atoms with Crippen LogP contribution >= 0.6 is 12.8 Å². The van der Waals surface area contributed by atoms with Crippen LogP contribution in [0.1, 0.15) is 166 Å². The predicted octanol–water partition coefficient (Wildman–Crippen LogP) is 6.67. The van der Waals surface area contributed by atoms with Gasteiger partial charge < -0.3 is 39.7 Å². The van der Waals surface area contributed by atoms with Gasteiger partial charge in [-0.1, -0.05) is 115 Å². The van der Waals surface area contributed by atoms with Crippen molar-refractivity contribution in [3.05, 3.63) is 51.6 Å². The highest BCUT2D eigenvalue weighted by Gasteiger charge is 2.50. The van der Waals surface area contributed by atoms with E-state index in [0.717, 1.165) is 19.3 Å².